The van der Waals surface area contributed by atoms with Gasteiger partial charge in [-0.2, -0.15) is 0 Å². The Balaban J connectivity index is 1.29. The SMILES string of the molecule is Cc1cnc(C(=O)N2CCC(N3CCCC(C(=O)N4CCOCC4)C3)CC2)[nH]1. The molecular formula is C20H31N5O3. The van der Waals surface area contributed by atoms with Gasteiger partial charge in [0.15, 0.2) is 5.82 Å². The van der Waals surface area contributed by atoms with Crippen molar-refractivity contribution in [3.05, 3.63) is 17.7 Å². The largest absolute Gasteiger partial charge is 0.378 e. The lowest BCUT2D eigenvalue weighted by molar-refractivity contribution is -0.141. The summed E-state index contributed by atoms with van der Waals surface area (Å²) in [7, 11) is 0. The Labute approximate surface area is 166 Å². The summed E-state index contributed by atoms with van der Waals surface area (Å²) < 4.78 is 5.37. The number of rotatable bonds is 3. The lowest BCUT2D eigenvalue weighted by atomic mass is 9.92. The normalized spacial score (nSPS) is 25.1. The maximum atomic E-state index is 12.9. The molecule has 1 N–H and O–H groups in total. The summed E-state index contributed by atoms with van der Waals surface area (Å²) in [5.74, 6) is 0.835. The van der Waals surface area contributed by atoms with Gasteiger partial charge in [0, 0.05) is 50.7 Å². The van der Waals surface area contributed by atoms with Crippen LogP contribution in [-0.2, 0) is 9.53 Å². The predicted molar refractivity (Wildman–Crippen MR) is 104 cm³/mol. The Morgan fingerprint density at radius 2 is 1.82 bits per heavy atom. The van der Waals surface area contributed by atoms with Gasteiger partial charge in [0.1, 0.15) is 0 Å². The van der Waals surface area contributed by atoms with E-state index in [2.05, 4.69) is 14.9 Å². The predicted octanol–water partition coefficient (Wildman–Crippen LogP) is 0.894. The molecule has 8 heteroatoms. The van der Waals surface area contributed by atoms with E-state index in [0.29, 0.717) is 31.0 Å². The van der Waals surface area contributed by atoms with Crippen molar-refractivity contribution in [3.63, 3.8) is 0 Å². The number of imidazole rings is 1. The van der Waals surface area contributed by atoms with E-state index in [9.17, 15) is 9.59 Å². The van der Waals surface area contributed by atoms with Crippen molar-refractivity contribution in [2.24, 2.45) is 5.92 Å². The fourth-order valence-corrected chi connectivity index (χ4v) is 4.69. The molecule has 0 bridgehead atoms. The van der Waals surface area contributed by atoms with Crippen LogP contribution in [0.5, 0.6) is 0 Å². The molecule has 3 saturated heterocycles. The van der Waals surface area contributed by atoms with Gasteiger partial charge >= 0.3 is 0 Å². The first-order valence-corrected chi connectivity index (χ1v) is 10.5. The first-order chi connectivity index (χ1) is 13.6. The van der Waals surface area contributed by atoms with Crippen LogP contribution in [0, 0.1) is 12.8 Å². The van der Waals surface area contributed by atoms with Gasteiger partial charge in [0.05, 0.1) is 19.1 Å². The van der Waals surface area contributed by atoms with Crippen LogP contribution in [0.3, 0.4) is 0 Å². The molecule has 3 aliphatic rings. The van der Waals surface area contributed by atoms with E-state index in [1.165, 1.54) is 0 Å². The zero-order chi connectivity index (χ0) is 19.5. The van der Waals surface area contributed by atoms with Crippen LogP contribution < -0.4 is 0 Å². The number of carbonyl (C=O) groups is 2. The minimum Gasteiger partial charge on any atom is -0.378 e. The second-order valence-corrected chi connectivity index (χ2v) is 8.21. The summed E-state index contributed by atoms with van der Waals surface area (Å²) in [6.45, 7) is 8.08. The van der Waals surface area contributed by atoms with E-state index in [-0.39, 0.29) is 11.8 Å². The van der Waals surface area contributed by atoms with Crippen molar-refractivity contribution < 1.29 is 14.3 Å². The number of hydrogen-bond donors (Lipinski definition) is 1. The molecule has 2 amide bonds. The van der Waals surface area contributed by atoms with Crippen LogP contribution in [-0.4, -0.2) is 95.0 Å². The van der Waals surface area contributed by atoms with Gasteiger partial charge in [-0.3, -0.25) is 14.5 Å². The van der Waals surface area contributed by atoms with Crippen LogP contribution in [0.1, 0.15) is 42.0 Å². The Morgan fingerprint density at radius 1 is 1.07 bits per heavy atom. The number of morpholine rings is 1. The van der Waals surface area contributed by atoms with Crippen molar-refractivity contribution in [1.82, 2.24) is 24.7 Å². The van der Waals surface area contributed by atoms with Gasteiger partial charge in [-0.05, 0) is 39.2 Å². The third kappa shape index (κ3) is 4.22. The van der Waals surface area contributed by atoms with Gasteiger partial charge in [-0.1, -0.05) is 0 Å². The fourth-order valence-electron chi connectivity index (χ4n) is 4.69. The number of piperidine rings is 2. The molecule has 0 saturated carbocycles. The minimum absolute atomic E-state index is 0.00874. The van der Waals surface area contributed by atoms with Gasteiger partial charge in [0.25, 0.3) is 5.91 Å². The highest BCUT2D eigenvalue weighted by atomic mass is 16.5. The first kappa shape index (κ1) is 19.4. The van der Waals surface area contributed by atoms with E-state index >= 15 is 0 Å². The average Bonchev–Trinajstić information content (AvgIpc) is 3.20. The molecule has 4 heterocycles. The quantitative estimate of drug-likeness (QED) is 0.830. The molecule has 0 spiro atoms. The monoisotopic (exact) mass is 389 g/mol. The number of aryl methyl sites for hydroxylation is 1. The highest BCUT2D eigenvalue weighted by Gasteiger charge is 2.34. The number of nitrogens with zero attached hydrogens (tertiary/aromatic N) is 4. The lowest BCUT2D eigenvalue weighted by Gasteiger charge is -2.42. The van der Waals surface area contributed by atoms with E-state index in [1.807, 2.05) is 16.7 Å². The zero-order valence-electron chi connectivity index (χ0n) is 16.7. The highest BCUT2D eigenvalue weighted by Crippen LogP contribution is 2.25. The number of likely N-dealkylation sites (tertiary alicyclic amines) is 2. The average molecular weight is 390 g/mol. The number of H-pyrrole nitrogens is 1. The summed E-state index contributed by atoms with van der Waals surface area (Å²) in [6.07, 6.45) is 5.68. The number of carbonyl (C=O) groups excluding carboxylic acids is 2. The number of ether oxygens (including phenoxy) is 1. The van der Waals surface area contributed by atoms with Crippen LogP contribution >= 0.6 is 0 Å². The molecule has 4 rings (SSSR count). The molecule has 0 aliphatic carbocycles. The Bertz CT molecular complexity index is 692. The molecular weight excluding hydrogens is 358 g/mol. The minimum atomic E-state index is -0.00874. The molecule has 1 aromatic rings. The van der Waals surface area contributed by atoms with Crippen molar-refractivity contribution in [2.45, 2.75) is 38.6 Å². The molecule has 3 fully saturated rings. The maximum Gasteiger partial charge on any atom is 0.289 e. The summed E-state index contributed by atoms with van der Waals surface area (Å²) in [6, 6.07) is 0.461. The van der Waals surface area contributed by atoms with Gasteiger partial charge in [-0.25, -0.2) is 4.98 Å². The van der Waals surface area contributed by atoms with Crippen molar-refractivity contribution in [3.8, 4) is 0 Å². The first-order valence-electron chi connectivity index (χ1n) is 10.5. The zero-order valence-corrected chi connectivity index (χ0v) is 16.7. The number of hydrogen-bond acceptors (Lipinski definition) is 5. The Kier molecular flexibility index (Phi) is 5.96. The fraction of sp³-hybridized carbons (Fsp3) is 0.750. The number of nitrogens with one attached hydrogen (secondary N) is 1. The lowest BCUT2D eigenvalue weighted by Crippen LogP contribution is -2.53. The third-order valence-corrected chi connectivity index (χ3v) is 6.30. The van der Waals surface area contributed by atoms with Crippen molar-refractivity contribution >= 4 is 11.8 Å². The van der Waals surface area contributed by atoms with Gasteiger partial charge < -0.3 is 19.5 Å². The molecule has 0 aromatic carbocycles. The second kappa shape index (κ2) is 8.61. The van der Waals surface area contributed by atoms with Crippen LogP contribution in [0.15, 0.2) is 6.20 Å². The Hall–Kier alpha value is -1.93. The third-order valence-electron chi connectivity index (χ3n) is 6.30. The van der Waals surface area contributed by atoms with E-state index < -0.39 is 0 Å². The van der Waals surface area contributed by atoms with Gasteiger partial charge in [0.2, 0.25) is 5.91 Å². The summed E-state index contributed by atoms with van der Waals surface area (Å²) >= 11 is 0. The van der Waals surface area contributed by atoms with E-state index in [1.54, 1.807) is 6.20 Å². The van der Waals surface area contributed by atoms with Crippen LogP contribution in [0.25, 0.3) is 0 Å². The smallest absolute Gasteiger partial charge is 0.289 e. The molecule has 1 atom stereocenters. The van der Waals surface area contributed by atoms with Crippen LogP contribution in [0.4, 0.5) is 0 Å². The molecule has 8 nitrogen and oxygen atoms in total. The van der Waals surface area contributed by atoms with E-state index in [4.69, 9.17) is 4.74 Å². The molecule has 0 radical (unpaired) electrons. The Morgan fingerprint density at radius 3 is 2.50 bits per heavy atom. The molecule has 1 unspecified atom stereocenters. The summed E-state index contributed by atoms with van der Waals surface area (Å²) in [4.78, 5) is 39.0. The van der Waals surface area contributed by atoms with Gasteiger partial charge in [-0.15, -0.1) is 0 Å². The molecule has 154 valence electrons. The van der Waals surface area contributed by atoms with Crippen LogP contribution in [0.2, 0.25) is 0 Å². The second-order valence-electron chi connectivity index (χ2n) is 8.21. The van der Waals surface area contributed by atoms with Crippen molar-refractivity contribution in [1.29, 1.82) is 0 Å². The number of amides is 2. The topological polar surface area (TPSA) is 81.8 Å². The molecule has 1 aromatic heterocycles. The molecule has 3 aliphatic heterocycles. The summed E-state index contributed by atoms with van der Waals surface area (Å²) in [5, 5.41) is 0. The number of aromatic amines is 1. The number of aromatic nitrogens is 2. The maximum absolute atomic E-state index is 12.9. The highest BCUT2D eigenvalue weighted by molar-refractivity contribution is 5.90. The standard InChI is InChI=1S/C20H31N5O3/c1-15-13-21-18(22-15)20(27)23-7-4-17(5-8-23)25-6-2-3-16(14-25)19(26)24-9-11-28-12-10-24/h13,16-17H,2-12,14H2,1H3,(H,21,22). The van der Waals surface area contributed by atoms with E-state index in [0.717, 1.165) is 70.6 Å². The van der Waals surface area contributed by atoms with Crippen molar-refractivity contribution in [2.75, 3.05) is 52.5 Å². The summed E-state index contributed by atoms with van der Waals surface area (Å²) in [5.41, 5.74) is 0.905. The molecule has 28 heavy (non-hydrogen) atoms.